The quantitative estimate of drug-likeness (QED) is 0.862. The molecule has 0 radical (unpaired) electrons. The molecule has 0 spiro atoms. The molecule has 1 aliphatic rings. The second-order valence-electron chi connectivity index (χ2n) is 5.68. The van der Waals surface area contributed by atoms with E-state index in [9.17, 15) is 9.59 Å². The molecule has 1 N–H and O–H groups in total. The third kappa shape index (κ3) is 3.95. The second-order valence-corrected chi connectivity index (χ2v) is 6.51. The smallest absolute Gasteiger partial charge is 0.228 e. The maximum atomic E-state index is 12.1. The molecule has 0 saturated carbocycles. The van der Waals surface area contributed by atoms with E-state index in [0.29, 0.717) is 23.8 Å². The fourth-order valence-electron chi connectivity index (χ4n) is 2.60. The molecule has 7 nitrogen and oxygen atoms in total. The number of amides is 2. The van der Waals surface area contributed by atoms with Crippen molar-refractivity contribution in [2.45, 2.75) is 38.8 Å². The van der Waals surface area contributed by atoms with Crippen LogP contribution in [-0.2, 0) is 22.6 Å². The molecule has 8 heteroatoms. The van der Waals surface area contributed by atoms with Crippen molar-refractivity contribution in [1.82, 2.24) is 19.9 Å². The second kappa shape index (κ2) is 6.91. The predicted octanol–water partition coefficient (Wildman–Crippen LogP) is 1.21. The number of anilines is 1. The lowest BCUT2D eigenvalue weighted by molar-refractivity contribution is -0.121. The van der Waals surface area contributed by atoms with Crippen molar-refractivity contribution >= 4 is 28.3 Å². The van der Waals surface area contributed by atoms with Crippen LogP contribution < -0.4 is 10.2 Å². The molecule has 3 rings (SSSR count). The summed E-state index contributed by atoms with van der Waals surface area (Å²) in [6.45, 7) is 3.35. The van der Waals surface area contributed by atoms with E-state index in [2.05, 4.69) is 15.3 Å². The largest absolute Gasteiger partial charge is 0.352 e. The van der Waals surface area contributed by atoms with E-state index in [1.54, 1.807) is 17.4 Å². The van der Waals surface area contributed by atoms with Crippen molar-refractivity contribution in [3.05, 3.63) is 29.8 Å². The van der Waals surface area contributed by atoms with Crippen molar-refractivity contribution in [2.75, 3.05) is 11.4 Å². The minimum Gasteiger partial charge on any atom is -0.352 e. The van der Waals surface area contributed by atoms with Gasteiger partial charge >= 0.3 is 0 Å². The molecule has 0 aromatic carbocycles. The maximum absolute atomic E-state index is 12.1. The van der Waals surface area contributed by atoms with Crippen LogP contribution in [0.4, 0.5) is 5.13 Å². The van der Waals surface area contributed by atoms with Crippen molar-refractivity contribution in [1.29, 1.82) is 0 Å². The van der Waals surface area contributed by atoms with Gasteiger partial charge in [-0.2, -0.15) is 0 Å². The molecule has 2 amide bonds. The van der Waals surface area contributed by atoms with Crippen molar-refractivity contribution < 1.29 is 9.59 Å². The van der Waals surface area contributed by atoms with Gasteiger partial charge < -0.3 is 9.88 Å². The summed E-state index contributed by atoms with van der Waals surface area (Å²) in [4.78, 5) is 33.9. The number of nitrogens with one attached hydrogen (secondary N) is 1. The minimum atomic E-state index is -0.0674. The van der Waals surface area contributed by atoms with Crippen LogP contribution in [0.15, 0.2) is 24.1 Å². The summed E-state index contributed by atoms with van der Waals surface area (Å²) < 4.78 is 1.92. The zero-order valence-corrected chi connectivity index (χ0v) is 13.8. The van der Waals surface area contributed by atoms with Gasteiger partial charge in [0.1, 0.15) is 0 Å². The van der Waals surface area contributed by atoms with Gasteiger partial charge in [0, 0.05) is 43.3 Å². The van der Waals surface area contributed by atoms with Gasteiger partial charge in [-0.25, -0.2) is 9.97 Å². The highest BCUT2D eigenvalue weighted by atomic mass is 32.1. The van der Waals surface area contributed by atoms with Crippen LogP contribution in [0.1, 0.15) is 25.5 Å². The molecular formula is C15H19N5O2S. The highest BCUT2D eigenvalue weighted by molar-refractivity contribution is 7.14. The molecule has 2 aromatic heterocycles. The molecule has 0 bridgehead atoms. The molecule has 1 aliphatic heterocycles. The first kappa shape index (κ1) is 15.7. The number of hydrogen-bond donors (Lipinski definition) is 1. The minimum absolute atomic E-state index is 0.00923. The van der Waals surface area contributed by atoms with E-state index >= 15 is 0 Å². The monoisotopic (exact) mass is 333 g/mol. The third-order valence-electron chi connectivity index (χ3n) is 3.64. The molecule has 1 saturated heterocycles. The normalized spacial score (nSPS) is 15.9. The molecule has 0 unspecified atom stereocenters. The zero-order valence-electron chi connectivity index (χ0n) is 12.9. The maximum Gasteiger partial charge on any atom is 0.228 e. The Kier molecular flexibility index (Phi) is 4.71. The van der Waals surface area contributed by atoms with Gasteiger partial charge in [0.15, 0.2) is 5.13 Å². The molecule has 1 fully saturated rings. The lowest BCUT2D eigenvalue weighted by Crippen LogP contribution is -2.36. The topological polar surface area (TPSA) is 80.1 Å². The number of carbonyl (C=O) groups is 2. The Hall–Kier alpha value is -2.22. The van der Waals surface area contributed by atoms with Crippen LogP contribution in [0.25, 0.3) is 0 Å². The SMILES string of the molecule is C[C@H](Cn1ccnc1)NC(=O)Cc1csc(N2CCCC2=O)n1. The highest BCUT2D eigenvalue weighted by Gasteiger charge is 2.24. The Morgan fingerprint density at radius 2 is 2.39 bits per heavy atom. The zero-order chi connectivity index (χ0) is 16.2. The Bertz CT molecular complexity index is 682. The van der Waals surface area contributed by atoms with Gasteiger partial charge in [-0.3, -0.25) is 14.5 Å². The lowest BCUT2D eigenvalue weighted by Gasteiger charge is -2.14. The number of hydrogen-bond acceptors (Lipinski definition) is 5. The molecule has 2 aromatic rings. The van der Waals surface area contributed by atoms with Gasteiger partial charge in [-0.1, -0.05) is 0 Å². The molecule has 1 atom stereocenters. The average molecular weight is 333 g/mol. The predicted molar refractivity (Wildman–Crippen MR) is 87.2 cm³/mol. The van der Waals surface area contributed by atoms with Crippen LogP contribution in [0.2, 0.25) is 0 Å². The number of rotatable bonds is 6. The first-order valence-corrected chi connectivity index (χ1v) is 8.49. The first-order valence-electron chi connectivity index (χ1n) is 7.61. The fraction of sp³-hybridized carbons (Fsp3) is 0.467. The highest BCUT2D eigenvalue weighted by Crippen LogP contribution is 2.25. The first-order chi connectivity index (χ1) is 11.1. The molecule has 0 aliphatic carbocycles. The lowest BCUT2D eigenvalue weighted by atomic mass is 10.2. The van der Waals surface area contributed by atoms with E-state index in [-0.39, 0.29) is 24.3 Å². The summed E-state index contributed by atoms with van der Waals surface area (Å²) in [6, 6.07) is 0.00923. The van der Waals surface area contributed by atoms with E-state index in [0.717, 1.165) is 13.0 Å². The standard InChI is InChI=1S/C15H19N5O2S/c1-11(8-19-6-4-16-10-19)17-13(21)7-12-9-23-15(18-12)20-5-2-3-14(20)22/h4,6,9-11H,2-3,5,7-8H2,1H3,(H,17,21)/t11-/m1/s1. The van der Waals surface area contributed by atoms with Crippen LogP contribution in [-0.4, -0.2) is 38.9 Å². The van der Waals surface area contributed by atoms with Gasteiger partial charge in [0.2, 0.25) is 11.8 Å². The van der Waals surface area contributed by atoms with Crippen molar-refractivity contribution in [3.63, 3.8) is 0 Å². The van der Waals surface area contributed by atoms with Gasteiger partial charge in [0.25, 0.3) is 0 Å². The number of nitrogens with zero attached hydrogens (tertiary/aromatic N) is 4. The van der Waals surface area contributed by atoms with Gasteiger partial charge in [-0.05, 0) is 13.3 Å². The van der Waals surface area contributed by atoms with Crippen LogP contribution >= 0.6 is 11.3 Å². The molecule has 122 valence electrons. The van der Waals surface area contributed by atoms with E-state index in [4.69, 9.17) is 0 Å². The average Bonchev–Trinajstić information content (AvgIpc) is 3.20. The molecule has 3 heterocycles. The third-order valence-corrected chi connectivity index (χ3v) is 4.55. The number of thiazole rings is 1. The molecular weight excluding hydrogens is 314 g/mol. The van der Waals surface area contributed by atoms with E-state index in [1.165, 1.54) is 11.3 Å². The Morgan fingerprint density at radius 1 is 1.52 bits per heavy atom. The summed E-state index contributed by atoms with van der Waals surface area (Å²) in [6.07, 6.45) is 6.99. The number of aromatic nitrogens is 3. The van der Waals surface area contributed by atoms with Crippen molar-refractivity contribution in [3.8, 4) is 0 Å². The van der Waals surface area contributed by atoms with Crippen LogP contribution in [0.5, 0.6) is 0 Å². The summed E-state index contributed by atoms with van der Waals surface area (Å²) in [5, 5.41) is 5.50. The van der Waals surface area contributed by atoms with E-state index in [1.807, 2.05) is 23.1 Å². The van der Waals surface area contributed by atoms with Crippen molar-refractivity contribution in [2.24, 2.45) is 0 Å². The fourth-order valence-corrected chi connectivity index (χ4v) is 3.47. The Balaban J connectivity index is 1.51. The summed E-state index contributed by atoms with van der Waals surface area (Å²) in [5.41, 5.74) is 0.706. The van der Waals surface area contributed by atoms with E-state index < -0.39 is 0 Å². The van der Waals surface area contributed by atoms with Crippen LogP contribution in [0, 0.1) is 0 Å². The van der Waals surface area contributed by atoms with Gasteiger partial charge in [-0.15, -0.1) is 11.3 Å². The number of imidazole rings is 1. The van der Waals surface area contributed by atoms with Gasteiger partial charge in [0.05, 0.1) is 18.4 Å². The number of carbonyl (C=O) groups excluding carboxylic acids is 2. The summed E-state index contributed by atoms with van der Waals surface area (Å²) in [7, 11) is 0. The Labute approximate surface area is 138 Å². The summed E-state index contributed by atoms with van der Waals surface area (Å²) in [5.74, 6) is 0.0477. The molecule has 23 heavy (non-hydrogen) atoms. The summed E-state index contributed by atoms with van der Waals surface area (Å²) >= 11 is 1.42. The Morgan fingerprint density at radius 3 is 3.09 bits per heavy atom. The van der Waals surface area contributed by atoms with Crippen LogP contribution in [0.3, 0.4) is 0 Å².